The lowest BCUT2D eigenvalue weighted by molar-refractivity contribution is -0.147. The first-order chi connectivity index (χ1) is 33.3. The number of aliphatic hydroxyl groups is 1. The van der Waals surface area contributed by atoms with E-state index in [4.69, 9.17) is 32.2 Å². The SMILES string of the molecule is COC(=O)[C@@H]1NC[C@H](O[Si](C)(C)C(C)(C)C)[C@H]1C.COC(=O)[C@@H]1[C@H](C)[C@@H](O)CN1C(=O)OC(C)(C)C.COC(=O)[C@@H]1[C@H](C)[C@@H](O[Si](C)(C)C(C)(C)C)CN1C.COC(=O)[C@H]1[C@H](C)[C@@H](O[Si](C)(C)C(C)(C)C)CN1C. The molecule has 0 unspecified atom stereocenters. The predicted molar refractivity (Wildman–Crippen MR) is 298 cm³/mol. The summed E-state index contributed by atoms with van der Waals surface area (Å²) in [5.41, 5.74) is -0.644. The van der Waals surface area contributed by atoms with Gasteiger partial charge in [-0.2, -0.15) is 0 Å². The molecule has 12 atom stereocenters. The highest BCUT2D eigenvalue weighted by Gasteiger charge is 2.51. The van der Waals surface area contributed by atoms with Gasteiger partial charge in [0.25, 0.3) is 0 Å². The molecule has 434 valence electrons. The summed E-state index contributed by atoms with van der Waals surface area (Å²) < 4.78 is 43.8. The van der Waals surface area contributed by atoms with Crippen LogP contribution in [0.4, 0.5) is 4.79 Å². The summed E-state index contributed by atoms with van der Waals surface area (Å²) in [6, 6.07) is -1.39. The number of methoxy groups -OCH3 is 4. The number of hydrogen-bond donors (Lipinski definition) is 2. The van der Waals surface area contributed by atoms with Crippen molar-refractivity contribution in [2.45, 2.75) is 219 Å². The number of aliphatic hydroxyl groups excluding tert-OH is 1. The number of amides is 1. The fourth-order valence-electron chi connectivity index (χ4n) is 8.67. The molecule has 4 fully saturated rings. The van der Waals surface area contributed by atoms with Crippen LogP contribution in [0.2, 0.25) is 54.4 Å². The van der Waals surface area contributed by atoms with Crippen molar-refractivity contribution in [2.75, 3.05) is 68.7 Å². The number of ether oxygens (including phenoxy) is 5. The van der Waals surface area contributed by atoms with Gasteiger partial charge in [0.2, 0.25) is 0 Å². The Hall–Kier alpha value is -2.48. The highest BCUT2D eigenvalue weighted by molar-refractivity contribution is 6.75. The Morgan fingerprint density at radius 1 is 0.486 bits per heavy atom. The molecule has 1 amide bonds. The van der Waals surface area contributed by atoms with E-state index in [1.807, 2.05) is 23.9 Å². The first kappa shape index (κ1) is 69.5. The molecule has 74 heavy (non-hydrogen) atoms. The van der Waals surface area contributed by atoms with Gasteiger partial charge in [0, 0.05) is 43.3 Å². The van der Waals surface area contributed by atoms with Gasteiger partial charge in [-0.3, -0.25) is 29.1 Å². The number of likely N-dealkylation sites (tertiary alicyclic amines) is 3. The summed E-state index contributed by atoms with van der Waals surface area (Å²) in [6.07, 6.45) is -1.01. The summed E-state index contributed by atoms with van der Waals surface area (Å²) in [5.74, 6) is -0.906. The van der Waals surface area contributed by atoms with Crippen molar-refractivity contribution in [3.05, 3.63) is 0 Å². The van der Waals surface area contributed by atoms with Crippen molar-refractivity contribution in [3.8, 4) is 0 Å². The molecule has 0 aromatic carbocycles. The Morgan fingerprint density at radius 2 is 0.811 bits per heavy atom. The second-order valence-electron chi connectivity index (χ2n) is 26.6. The minimum Gasteiger partial charge on any atom is -0.468 e. The van der Waals surface area contributed by atoms with Crippen LogP contribution >= 0.6 is 0 Å². The van der Waals surface area contributed by atoms with Gasteiger partial charge in [-0.15, -0.1) is 0 Å². The van der Waals surface area contributed by atoms with Gasteiger partial charge in [-0.25, -0.2) is 9.59 Å². The van der Waals surface area contributed by atoms with Gasteiger partial charge in [0.15, 0.2) is 25.0 Å². The standard InChI is InChI=1S/2C14H29NO3Si.C13H27NO3Si.C12H21NO5/c2*1-10-11(18-19(7,8)14(2,3)4)9-15(5)12(10)13(16)17-6;1-9-10(8-14-11(9)12(15)16-5)17-18(6,7)13(2,3)4;1-7-8(14)6-13(9(7)10(15)17-5)11(16)18-12(2,3)4/h2*10-12H,9H2,1-8H3;9-11,14H,8H2,1-7H3;7-9,14H,6H2,1-5H3/t10-,11+,12+;10-,11+,12-;9-,10+,11-;7-,8+,9+/m1111/s1. The van der Waals surface area contributed by atoms with Crippen LogP contribution in [0.25, 0.3) is 0 Å². The Balaban J connectivity index is 0.000000493. The van der Waals surface area contributed by atoms with E-state index in [2.05, 4.69) is 132 Å². The van der Waals surface area contributed by atoms with E-state index >= 15 is 0 Å². The van der Waals surface area contributed by atoms with E-state index in [9.17, 15) is 29.1 Å². The molecule has 0 radical (unpaired) electrons. The number of likely N-dealkylation sites (N-methyl/N-ethyl adjacent to an activating group) is 2. The van der Waals surface area contributed by atoms with E-state index in [-0.39, 0.29) is 99.7 Å². The Kier molecular flexibility index (Phi) is 25.3. The van der Waals surface area contributed by atoms with Gasteiger partial charge in [-0.1, -0.05) is 90.0 Å². The molecule has 0 aromatic heterocycles. The number of β-amino-alcohol motifs (C(OH)–C–C–N with tert-alkyl or cyclic N) is 1. The summed E-state index contributed by atoms with van der Waals surface area (Å²) in [4.78, 5) is 64.2. The number of nitrogens with one attached hydrogen (secondary N) is 1. The molecule has 4 saturated heterocycles. The number of nitrogens with zero attached hydrogens (tertiary/aromatic N) is 3. The van der Waals surface area contributed by atoms with Crippen LogP contribution in [0, 0.1) is 23.7 Å². The molecule has 4 heterocycles. The highest BCUT2D eigenvalue weighted by atomic mass is 28.4. The third-order valence-electron chi connectivity index (χ3n) is 16.7. The number of carbonyl (C=O) groups excluding carboxylic acids is 5. The molecule has 0 aromatic rings. The summed E-state index contributed by atoms with van der Waals surface area (Å²) >= 11 is 0. The molecule has 4 aliphatic heterocycles. The number of rotatable bonds is 10. The summed E-state index contributed by atoms with van der Waals surface area (Å²) in [6.45, 7) is 49.2. The minimum absolute atomic E-state index is 0.0792. The third-order valence-corrected chi connectivity index (χ3v) is 30.2. The quantitative estimate of drug-likeness (QED) is 0.121. The third kappa shape index (κ3) is 18.3. The van der Waals surface area contributed by atoms with Crippen molar-refractivity contribution < 1.29 is 66.0 Å². The van der Waals surface area contributed by atoms with Crippen LogP contribution in [0.3, 0.4) is 0 Å². The molecule has 0 aliphatic carbocycles. The van der Waals surface area contributed by atoms with Crippen LogP contribution in [-0.4, -0.2) is 198 Å². The Bertz CT molecular complexity index is 1780. The van der Waals surface area contributed by atoms with Crippen molar-refractivity contribution in [2.24, 2.45) is 23.7 Å². The van der Waals surface area contributed by atoms with Crippen LogP contribution in [-0.2, 0) is 56.1 Å². The predicted octanol–water partition coefficient (Wildman–Crippen LogP) is 7.93. The maximum atomic E-state index is 12.0. The fraction of sp³-hybridized carbons (Fsp3) is 0.906. The van der Waals surface area contributed by atoms with Crippen molar-refractivity contribution >= 4 is 54.9 Å². The maximum absolute atomic E-state index is 12.0. The van der Waals surface area contributed by atoms with Crippen LogP contribution in [0.5, 0.6) is 0 Å². The topological polar surface area (TPSA) is 201 Å². The second kappa shape index (κ2) is 26.9. The monoisotopic (exact) mass is 1110 g/mol. The lowest BCUT2D eigenvalue weighted by Gasteiger charge is -2.39. The normalized spacial score (nSPS) is 29.2. The average molecular weight is 1110 g/mol. The molecule has 2 N–H and O–H groups in total. The average Bonchev–Trinajstić information content (AvgIpc) is 3.94. The Labute approximate surface area is 451 Å². The lowest BCUT2D eigenvalue weighted by Crippen LogP contribution is -2.46. The smallest absolute Gasteiger partial charge is 0.411 e. The molecule has 4 aliphatic rings. The molecule has 4 rings (SSSR count). The van der Waals surface area contributed by atoms with Gasteiger partial charge in [0.1, 0.15) is 29.8 Å². The van der Waals surface area contributed by atoms with E-state index < -0.39 is 54.8 Å². The zero-order valence-corrected chi connectivity index (χ0v) is 54.4. The van der Waals surface area contributed by atoms with Gasteiger partial charge in [0.05, 0.1) is 59.4 Å². The first-order valence-electron chi connectivity index (χ1n) is 26.5. The van der Waals surface area contributed by atoms with Crippen molar-refractivity contribution in [1.29, 1.82) is 0 Å². The molecule has 21 heteroatoms. The molecular formula is C53H106N4O14Si3. The minimum atomic E-state index is -1.79. The molecule has 0 spiro atoms. The molecule has 0 bridgehead atoms. The van der Waals surface area contributed by atoms with Gasteiger partial charge in [-0.05, 0) is 89.3 Å². The highest BCUT2D eigenvalue weighted by Crippen LogP contribution is 2.42. The fourth-order valence-corrected chi connectivity index (χ4v) is 12.9. The van der Waals surface area contributed by atoms with E-state index in [0.717, 1.165) is 19.6 Å². The van der Waals surface area contributed by atoms with Gasteiger partial charge >= 0.3 is 30.0 Å². The zero-order chi connectivity index (χ0) is 58.2. The molecule has 18 nitrogen and oxygen atoms in total. The first-order valence-corrected chi connectivity index (χ1v) is 35.2. The van der Waals surface area contributed by atoms with Crippen molar-refractivity contribution in [1.82, 2.24) is 20.0 Å². The van der Waals surface area contributed by atoms with Crippen molar-refractivity contribution in [3.63, 3.8) is 0 Å². The summed E-state index contributed by atoms with van der Waals surface area (Å²) in [7, 11) is 4.15. The van der Waals surface area contributed by atoms with Crippen LogP contribution < -0.4 is 5.32 Å². The van der Waals surface area contributed by atoms with E-state index in [1.54, 1.807) is 27.7 Å². The molecular weight excluding hydrogens is 1000 g/mol. The second-order valence-corrected chi connectivity index (χ2v) is 40.8. The maximum Gasteiger partial charge on any atom is 0.411 e. The van der Waals surface area contributed by atoms with E-state index in [0.29, 0.717) is 0 Å². The van der Waals surface area contributed by atoms with Crippen LogP contribution in [0.15, 0.2) is 0 Å². The largest absolute Gasteiger partial charge is 0.468 e. The number of esters is 4. The zero-order valence-electron chi connectivity index (χ0n) is 51.4. The Morgan fingerprint density at radius 3 is 1.12 bits per heavy atom. The van der Waals surface area contributed by atoms with Crippen LogP contribution in [0.1, 0.15) is 111 Å². The summed E-state index contributed by atoms with van der Waals surface area (Å²) in [5, 5.41) is 13.5. The number of hydrogen-bond acceptors (Lipinski definition) is 17. The number of carbonyl (C=O) groups is 5. The van der Waals surface area contributed by atoms with E-state index in [1.165, 1.54) is 33.3 Å². The molecule has 0 saturated carbocycles. The van der Waals surface area contributed by atoms with Gasteiger partial charge < -0.3 is 47.4 Å². The lowest BCUT2D eigenvalue weighted by atomic mass is 10.0.